The van der Waals surface area contributed by atoms with Crippen LogP contribution in [0.5, 0.6) is 0 Å². The normalized spacial score (nSPS) is 36.1. The minimum Gasteiger partial charge on any atom is -0.289 e. The lowest BCUT2D eigenvalue weighted by Gasteiger charge is -2.29. The quantitative estimate of drug-likeness (QED) is 0.569. The summed E-state index contributed by atoms with van der Waals surface area (Å²) in [6.45, 7) is 7.14. The fraction of sp³-hybridized carbons (Fsp3) is 0.786. The van der Waals surface area contributed by atoms with E-state index in [4.69, 9.17) is 0 Å². The van der Waals surface area contributed by atoms with Crippen LogP contribution in [0.4, 0.5) is 0 Å². The van der Waals surface area contributed by atoms with Crippen molar-refractivity contribution < 1.29 is 0 Å². The highest BCUT2D eigenvalue weighted by atomic mass is 14.8. The average Bonchev–Trinajstić information content (AvgIpc) is 2.38. The zero-order valence-electron chi connectivity index (χ0n) is 10.2. The topological polar surface area (TPSA) is 12.4 Å². The summed E-state index contributed by atoms with van der Waals surface area (Å²) in [4.78, 5) is 4.62. The average molecular weight is 205 g/mol. The van der Waals surface area contributed by atoms with E-state index in [1.165, 1.54) is 25.7 Å². The van der Waals surface area contributed by atoms with Crippen LogP contribution in [0.15, 0.2) is 17.1 Å². The maximum absolute atomic E-state index is 4.62. The van der Waals surface area contributed by atoms with Gasteiger partial charge in [-0.05, 0) is 49.0 Å². The van der Waals surface area contributed by atoms with Gasteiger partial charge in [-0.25, -0.2) is 0 Å². The van der Waals surface area contributed by atoms with Gasteiger partial charge in [0.25, 0.3) is 0 Å². The van der Waals surface area contributed by atoms with Crippen molar-refractivity contribution in [2.24, 2.45) is 22.2 Å². The van der Waals surface area contributed by atoms with Gasteiger partial charge in [0, 0.05) is 6.21 Å². The fourth-order valence-electron chi connectivity index (χ4n) is 2.94. The molecule has 2 aliphatic rings. The third kappa shape index (κ3) is 2.50. The molecule has 1 fully saturated rings. The Balaban J connectivity index is 2.03. The van der Waals surface area contributed by atoms with E-state index >= 15 is 0 Å². The molecule has 3 unspecified atom stereocenters. The van der Waals surface area contributed by atoms with Crippen LogP contribution in [0.25, 0.3) is 0 Å². The monoisotopic (exact) mass is 205 g/mol. The van der Waals surface area contributed by atoms with Crippen molar-refractivity contribution in [2.45, 2.75) is 52.5 Å². The summed E-state index contributed by atoms with van der Waals surface area (Å²) in [5.41, 5.74) is 0.473. The maximum Gasteiger partial charge on any atom is 0.0562 e. The van der Waals surface area contributed by atoms with E-state index in [-0.39, 0.29) is 0 Å². The first-order chi connectivity index (χ1) is 7.07. The van der Waals surface area contributed by atoms with Crippen LogP contribution in [-0.2, 0) is 0 Å². The smallest absolute Gasteiger partial charge is 0.0562 e. The van der Waals surface area contributed by atoms with Crippen molar-refractivity contribution in [1.29, 1.82) is 0 Å². The number of nitrogens with zero attached hydrogens (tertiary/aromatic N) is 1. The number of fused-ring (bicyclic) bond motifs is 1. The van der Waals surface area contributed by atoms with Crippen LogP contribution >= 0.6 is 0 Å². The van der Waals surface area contributed by atoms with Gasteiger partial charge in [-0.2, -0.15) is 0 Å². The standard InChI is InChI=1S/C14H23N/c1-14(2,3)12-7-6-11-5-4-10-15-13(11)9-8-12/h4-5,10-13H,6-9H2,1-3H3. The van der Waals surface area contributed by atoms with Gasteiger partial charge in [-0.15, -0.1) is 0 Å². The van der Waals surface area contributed by atoms with E-state index in [0.717, 1.165) is 11.8 Å². The number of allylic oxidation sites excluding steroid dienone is 1. The van der Waals surface area contributed by atoms with Crippen molar-refractivity contribution in [2.75, 3.05) is 0 Å². The molecular formula is C14H23N. The molecule has 1 aliphatic carbocycles. The maximum atomic E-state index is 4.62. The third-order valence-corrected chi connectivity index (χ3v) is 4.10. The molecular weight excluding hydrogens is 182 g/mol. The van der Waals surface area contributed by atoms with Gasteiger partial charge in [0.2, 0.25) is 0 Å². The van der Waals surface area contributed by atoms with Crippen LogP contribution in [-0.4, -0.2) is 12.3 Å². The Labute approximate surface area is 93.7 Å². The molecule has 84 valence electrons. The predicted octanol–water partition coefficient (Wildman–Crippen LogP) is 3.85. The van der Waals surface area contributed by atoms with E-state index < -0.39 is 0 Å². The summed E-state index contributed by atoms with van der Waals surface area (Å²) in [5.74, 6) is 1.61. The van der Waals surface area contributed by atoms with Gasteiger partial charge in [0.15, 0.2) is 0 Å². The summed E-state index contributed by atoms with van der Waals surface area (Å²) in [6, 6.07) is 0.586. The van der Waals surface area contributed by atoms with Gasteiger partial charge >= 0.3 is 0 Å². The summed E-state index contributed by atoms with van der Waals surface area (Å²) in [7, 11) is 0. The SMILES string of the molecule is CC(C)(C)C1CCC2C=CC=NC2CC1. The molecule has 1 saturated carbocycles. The molecule has 0 saturated heterocycles. The van der Waals surface area contributed by atoms with Crippen LogP contribution in [0.3, 0.4) is 0 Å². The van der Waals surface area contributed by atoms with Crippen molar-refractivity contribution in [1.82, 2.24) is 0 Å². The van der Waals surface area contributed by atoms with Gasteiger partial charge in [-0.3, -0.25) is 4.99 Å². The molecule has 1 heteroatoms. The Morgan fingerprint density at radius 1 is 1.07 bits per heavy atom. The Morgan fingerprint density at radius 3 is 2.53 bits per heavy atom. The summed E-state index contributed by atoms with van der Waals surface area (Å²) >= 11 is 0. The highest BCUT2D eigenvalue weighted by Crippen LogP contribution is 2.39. The second-order valence-corrected chi connectivity index (χ2v) is 6.13. The number of dihydropyridines is 1. The molecule has 0 aromatic rings. The van der Waals surface area contributed by atoms with Crippen molar-refractivity contribution >= 4 is 6.21 Å². The first-order valence-electron chi connectivity index (χ1n) is 6.27. The second-order valence-electron chi connectivity index (χ2n) is 6.13. The van der Waals surface area contributed by atoms with Gasteiger partial charge < -0.3 is 0 Å². The zero-order chi connectivity index (χ0) is 10.9. The molecule has 2 rings (SSSR count). The van der Waals surface area contributed by atoms with Crippen LogP contribution in [0.1, 0.15) is 46.5 Å². The van der Waals surface area contributed by atoms with Gasteiger partial charge in [0.1, 0.15) is 0 Å². The molecule has 0 amide bonds. The minimum absolute atomic E-state index is 0.473. The van der Waals surface area contributed by atoms with E-state index in [0.29, 0.717) is 11.5 Å². The molecule has 1 nitrogen and oxygen atoms in total. The lowest BCUT2D eigenvalue weighted by atomic mass is 9.76. The van der Waals surface area contributed by atoms with Gasteiger partial charge in [-0.1, -0.05) is 26.8 Å². The van der Waals surface area contributed by atoms with Crippen molar-refractivity contribution in [3.8, 4) is 0 Å². The Kier molecular flexibility index (Phi) is 2.99. The summed E-state index contributed by atoms with van der Waals surface area (Å²) in [6.07, 6.45) is 11.8. The van der Waals surface area contributed by atoms with Crippen molar-refractivity contribution in [3.05, 3.63) is 12.2 Å². The molecule has 0 aromatic heterocycles. The molecule has 1 heterocycles. The summed E-state index contributed by atoms with van der Waals surface area (Å²) < 4.78 is 0. The van der Waals surface area contributed by atoms with E-state index in [2.05, 4.69) is 37.9 Å². The van der Waals surface area contributed by atoms with E-state index in [1.54, 1.807) is 0 Å². The largest absolute Gasteiger partial charge is 0.289 e. The lowest BCUT2D eigenvalue weighted by Crippen LogP contribution is -2.19. The third-order valence-electron chi connectivity index (χ3n) is 4.10. The molecule has 1 aliphatic heterocycles. The molecule has 3 atom stereocenters. The van der Waals surface area contributed by atoms with Crippen LogP contribution in [0, 0.1) is 17.3 Å². The predicted molar refractivity (Wildman–Crippen MR) is 66.3 cm³/mol. The van der Waals surface area contributed by atoms with E-state index in [1.807, 2.05) is 6.21 Å². The zero-order valence-corrected chi connectivity index (χ0v) is 10.2. The highest BCUT2D eigenvalue weighted by molar-refractivity contribution is 5.72. The fourth-order valence-corrected chi connectivity index (χ4v) is 2.94. The molecule has 15 heavy (non-hydrogen) atoms. The molecule has 0 spiro atoms. The number of hydrogen-bond acceptors (Lipinski definition) is 1. The highest BCUT2D eigenvalue weighted by Gasteiger charge is 2.31. The summed E-state index contributed by atoms with van der Waals surface area (Å²) in [5, 5.41) is 0. The number of rotatable bonds is 0. The Hall–Kier alpha value is -0.590. The minimum atomic E-state index is 0.473. The molecule has 0 aromatic carbocycles. The second kappa shape index (κ2) is 4.11. The first kappa shape index (κ1) is 10.9. The van der Waals surface area contributed by atoms with Gasteiger partial charge in [0.05, 0.1) is 6.04 Å². The molecule has 0 radical (unpaired) electrons. The lowest BCUT2D eigenvalue weighted by molar-refractivity contribution is 0.213. The molecule has 0 N–H and O–H groups in total. The first-order valence-corrected chi connectivity index (χ1v) is 6.27. The molecule has 0 bridgehead atoms. The van der Waals surface area contributed by atoms with E-state index in [9.17, 15) is 0 Å². The van der Waals surface area contributed by atoms with Crippen molar-refractivity contribution in [3.63, 3.8) is 0 Å². The van der Waals surface area contributed by atoms with Crippen LogP contribution in [0.2, 0.25) is 0 Å². The number of aliphatic imine (C=N–C) groups is 1. The van der Waals surface area contributed by atoms with Crippen LogP contribution < -0.4 is 0 Å². The Bertz CT molecular complexity index is 248. The Morgan fingerprint density at radius 2 is 1.80 bits per heavy atom. The number of hydrogen-bond donors (Lipinski definition) is 0.